The van der Waals surface area contributed by atoms with Crippen LogP contribution in [0.25, 0.3) is 0 Å². The van der Waals surface area contributed by atoms with E-state index < -0.39 is 36.4 Å². The van der Waals surface area contributed by atoms with Crippen molar-refractivity contribution in [1.29, 1.82) is 0 Å². The molecular formula is C9H9ClN2O7S2. The van der Waals surface area contributed by atoms with E-state index in [4.69, 9.17) is 16.3 Å². The zero-order valence-electron chi connectivity index (χ0n) is 10.2. The van der Waals surface area contributed by atoms with Gasteiger partial charge in [-0.15, -0.1) is 11.3 Å². The number of sulfonamides is 1. The number of thiophene rings is 1. The zero-order valence-corrected chi connectivity index (χ0v) is 12.6. The number of ether oxygens (including phenoxy) is 1. The van der Waals surface area contributed by atoms with Crippen molar-refractivity contribution in [2.45, 2.75) is 16.2 Å². The van der Waals surface area contributed by atoms with Gasteiger partial charge >= 0.3 is 5.97 Å². The summed E-state index contributed by atoms with van der Waals surface area (Å²) in [6.45, 7) is -0.219. The molecule has 2 N–H and O–H groups in total. The summed E-state index contributed by atoms with van der Waals surface area (Å²) in [5, 5.41) is 19.9. The second-order valence-electron chi connectivity index (χ2n) is 4.28. The van der Waals surface area contributed by atoms with Gasteiger partial charge in [-0.2, -0.15) is 4.72 Å². The summed E-state index contributed by atoms with van der Waals surface area (Å²) >= 11 is 6.09. The fraction of sp³-hybridized carbons (Fsp3) is 0.444. The van der Waals surface area contributed by atoms with Crippen molar-refractivity contribution in [3.63, 3.8) is 0 Å². The van der Waals surface area contributed by atoms with Crippen LogP contribution >= 0.6 is 22.9 Å². The molecule has 0 aromatic carbocycles. The number of nitrogens with zero attached hydrogens (tertiary/aromatic N) is 1. The smallest absolute Gasteiger partial charge is 0.327 e. The van der Waals surface area contributed by atoms with Gasteiger partial charge in [0.15, 0.2) is 9.88 Å². The van der Waals surface area contributed by atoms with E-state index in [9.17, 15) is 28.4 Å². The summed E-state index contributed by atoms with van der Waals surface area (Å²) in [5.41, 5.74) is -2.32. The predicted octanol–water partition coefficient (Wildman–Crippen LogP) is 0.832. The Balaban J connectivity index is 2.36. The standard InChI is InChI=1S/C9H9ClN2O7S2/c10-7-5(12(15)16)3-6(20-7)21(17,18)11-9(8(13)14)1-2-19-4-9/h3,11H,1-2,4H2,(H,13,14). The third kappa shape index (κ3) is 3.01. The lowest BCUT2D eigenvalue weighted by Gasteiger charge is -2.22. The number of rotatable bonds is 5. The van der Waals surface area contributed by atoms with Gasteiger partial charge < -0.3 is 9.84 Å². The van der Waals surface area contributed by atoms with Gasteiger partial charge in [-0.3, -0.25) is 14.9 Å². The molecule has 116 valence electrons. The highest BCUT2D eigenvalue weighted by Crippen LogP contribution is 2.37. The monoisotopic (exact) mass is 356 g/mol. The molecule has 0 amide bonds. The molecule has 21 heavy (non-hydrogen) atoms. The summed E-state index contributed by atoms with van der Waals surface area (Å²) in [4.78, 5) is 21.1. The van der Waals surface area contributed by atoms with Gasteiger partial charge in [-0.1, -0.05) is 11.6 Å². The molecule has 0 spiro atoms. The Morgan fingerprint density at radius 3 is 2.71 bits per heavy atom. The Morgan fingerprint density at radius 2 is 2.29 bits per heavy atom. The van der Waals surface area contributed by atoms with E-state index in [1.165, 1.54) is 0 Å². The van der Waals surface area contributed by atoms with Crippen molar-refractivity contribution >= 4 is 44.6 Å². The molecule has 0 bridgehead atoms. The van der Waals surface area contributed by atoms with Crippen molar-refractivity contribution in [3.8, 4) is 0 Å². The number of hydrogen-bond donors (Lipinski definition) is 2. The van der Waals surface area contributed by atoms with Gasteiger partial charge in [0.2, 0.25) is 0 Å². The summed E-state index contributed by atoms with van der Waals surface area (Å²) in [5.74, 6) is -1.37. The number of carboxylic acids is 1. The van der Waals surface area contributed by atoms with Crippen LogP contribution in [-0.4, -0.2) is 43.2 Å². The maximum absolute atomic E-state index is 12.2. The highest BCUT2D eigenvalue weighted by atomic mass is 35.5. The molecule has 1 fully saturated rings. The van der Waals surface area contributed by atoms with Gasteiger partial charge in [0.25, 0.3) is 15.7 Å². The Hall–Kier alpha value is -1.27. The second-order valence-corrected chi connectivity index (χ2v) is 7.84. The molecule has 0 saturated carbocycles. The third-order valence-electron chi connectivity index (χ3n) is 2.87. The first-order valence-corrected chi connectivity index (χ1v) is 8.14. The molecule has 2 heterocycles. The normalized spacial score (nSPS) is 22.3. The maximum atomic E-state index is 12.2. The van der Waals surface area contributed by atoms with E-state index >= 15 is 0 Å². The highest BCUT2D eigenvalue weighted by molar-refractivity contribution is 7.91. The molecule has 0 radical (unpaired) electrons. The minimum atomic E-state index is -4.26. The minimum Gasteiger partial charge on any atom is -0.480 e. The van der Waals surface area contributed by atoms with Crippen LogP contribution in [0, 0.1) is 10.1 Å². The third-order valence-corrected chi connectivity index (χ3v) is 6.22. The number of aliphatic carboxylic acids is 1. The maximum Gasteiger partial charge on any atom is 0.327 e. The van der Waals surface area contributed by atoms with E-state index in [1.807, 2.05) is 4.72 Å². The molecule has 1 aromatic heterocycles. The second kappa shape index (κ2) is 5.50. The fourth-order valence-corrected chi connectivity index (χ4v) is 4.80. The van der Waals surface area contributed by atoms with Crippen LogP contribution in [0.1, 0.15) is 6.42 Å². The predicted molar refractivity (Wildman–Crippen MR) is 72.1 cm³/mol. The van der Waals surface area contributed by atoms with E-state index in [1.54, 1.807) is 0 Å². The van der Waals surface area contributed by atoms with Gasteiger partial charge in [-0.05, 0) is 0 Å². The average molecular weight is 357 g/mol. The van der Waals surface area contributed by atoms with Crippen LogP contribution in [-0.2, 0) is 19.6 Å². The van der Waals surface area contributed by atoms with Gasteiger partial charge in [-0.25, -0.2) is 8.42 Å². The van der Waals surface area contributed by atoms with Crippen LogP contribution in [0.5, 0.6) is 0 Å². The molecule has 1 atom stereocenters. The zero-order chi connectivity index (χ0) is 15.8. The van der Waals surface area contributed by atoms with E-state index in [2.05, 4.69) is 0 Å². The summed E-state index contributed by atoms with van der Waals surface area (Å²) in [6.07, 6.45) is -0.0389. The van der Waals surface area contributed by atoms with Gasteiger partial charge in [0.05, 0.1) is 11.5 Å². The topological polar surface area (TPSA) is 136 Å². The van der Waals surface area contributed by atoms with Crippen molar-refractivity contribution in [2.75, 3.05) is 13.2 Å². The lowest BCUT2D eigenvalue weighted by Crippen LogP contribution is -2.54. The Bertz CT molecular complexity index is 693. The molecule has 1 aliphatic heterocycles. The summed E-state index contributed by atoms with van der Waals surface area (Å²) in [7, 11) is -4.26. The van der Waals surface area contributed by atoms with Crippen LogP contribution in [0.4, 0.5) is 5.69 Å². The fourth-order valence-electron chi connectivity index (χ4n) is 1.76. The largest absolute Gasteiger partial charge is 0.480 e. The first kappa shape index (κ1) is 16.1. The molecular weight excluding hydrogens is 348 g/mol. The number of halogens is 1. The molecule has 2 rings (SSSR count). The van der Waals surface area contributed by atoms with Crippen molar-refractivity contribution in [3.05, 3.63) is 20.5 Å². The average Bonchev–Trinajstić information content (AvgIpc) is 2.96. The molecule has 1 aromatic rings. The summed E-state index contributed by atoms with van der Waals surface area (Å²) in [6, 6.07) is 0.792. The van der Waals surface area contributed by atoms with Gasteiger partial charge in [0, 0.05) is 19.1 Å². The van der Waals surface area contributed by atoms with E-state index in [0.29, 0.717) is 11.3 Å². The number of nitrogens with one attached hydrogen (secondary N) is 1. The van der Waals surface area contributed by atoms with Gasteiger partial charge in [0.1, 0.15) is 4.21 Å². The number of hydrogen-bond acceptors (Lipinski definition) is 7. The Morgan fingerprint density at radius 1 is 1.62 bits per heavy atom. The van der Waals surface area contributed by atoms with Crippen LogP contribution < -0.4 is 4.72 Å². The van der Waals surface area contributed by atoms with Crippen LogP contribution in [0.3, 0.4) is 0 Å². The molecule has 1 aliphatic rings. The molecule has 1 unspecified atom stereocenters. The molecule has 0 aliphatic carbocycles. The Kier molecular flexibility index (Phi) is 4.22. The van der Waals surface area contributed by atoms with Crippen molar-refractivity contribution < 1.29 is 28.0 Å². The molecule has 1 saturated heterocycles. The SMILES string of the molecule is O=C(O)C1(NS(=O)(=O)c2cc([N+](=O)[O-])c(Cl)s2)CCOC1. The van der Waals surface area contributed by atoms with Crippen LogP contribution in [0.2, 0.25) is 4.34 Å². The first-order chi connectivity index (χ1) is 9.68. The number of carboxylic acid groups (broad SMARTS) is 1. The highest BCUT2D eigenvalue weighted by Gasteiger charge is 2.46. The van der Waals surface area contributed by atoms with Crippen molar-refractivity contribution in [2.24, 2.45) is 0 Å². The quantitative estimate of drug-likeness (QED) is 0.589. The minimum absolute atomic E-state index is 0.0389. The van der Waals surface area contributed by atoms with E-state index in [0.717, 1.165) is 6.07 Å². The van der Waals surface area contributed by atoms with Crippen LogP contribution in [0.15, 0.2) is 10.3 Å². The number of nitro groups is 1. The first-order valence-electron chi connectivity index (χ1n) is 5.47. The van der Waals surface area contributed by atoms with Crippen molar-refractivity contribution in [1.82, 2.24) is 4.72 Å². The molecule has 12 heteroatoms. The summed E-state index contributed by atoms with van der Waals surface area (Å²) < 4.78 is 30.6. The molecule has 9 nitrogen and oxygen atoms in total. The van der Waals surface area contributed by atoms with E-state index in [-0.39, 0.29) is 24.0 Å². The number of carbonyl (C=O) groups is 1. The lowest BCUT2D eigenvalue weighted by molar-refractivity contribution is -0.384. The lowest BCUT2D eigenvalue weighted by atomic mass is 10.0. The Labute approximate surface area is 127 Å².